The number of hydrogen-bond acceptors (Lipinski definition) is 1. The topological polar surface area (TPSA) is 23.8 Å². The van der Waals surface area contributed by atoms with Gasteiger partial charge in [-0.05, 0) is 59.4 Å². The van der Waals surface area contributed by atoms with Crippen molar-refractivity contribution in [1.82, 2.24) is 0 Å². The maximum atomic E-state index is 14.9. The second-order valence-corrected chi connectivity index (χ2v) is 9.00. The van der Waals surface area contributed by atoms with Crippen LogP contribution in [0.2, 0.25) is 0 Å². The number of rotatable bonds is 6. The maximum Gasteiger partial charge on any atom is 0.148 e. The van der Waals surface area contributed by atoms with Crippen LogP contribution in [0.25, 0.3) is 21.9 Å². The highest BCUT2D eigenvalue weighted by molar-refractivity contribution is 5.89. The van der Waals surface area contributed by atoms with Gasteiger partial charge < -0.3 is 0 Å². The Morgan fingerprint density at radius 3 is 2.32 bits per heavy atom. The number of halogens is 2. The Kier molecular flexibility index (Phi) is 6.66. The number of nitriles is 1. The van der Waals surface area contributed by atoms with Crippen LogP contribution in [0.15, 0.2) is 48.5 Å². The van der Waals surface area contributed by atoms with Gasteiger partial charge in [0, 0.05) is 10.9 Å². The molecule has 160 valence electrons. The second kappa shape index (κ2) is 9.60. The molecule has 0 atom stereocenters. The Bertz CT molecular complexity index is 1100. The van der Waals surface area contributed by atoms with E-state index in [0.717, 1.165) is 35.8 Å². The Hall–Kier alpha value is -2.73. The first-order chi connectivity index (χ1) is 15.1. The quantitative estimate of drug-likeness (QED) is 0.396. The molecule has 0 amide bonds. The molecule has 1 nitrogen and oxygen atoms in total. The van der Waals surface area contributed by atoms with Crippen molar-refractivity contribution in [2.45, 2.75) is 58.3 Å². The van der Waals surface area contributed by atoms with Crippen LogP contribution in [-0.4, -0.2) is 0 Å². The fourth-order valence-electron chi connectivity index (χ4n) is 5.08. The normalized spacial score (nSPS) is 18.8. The van der Waals surface area contributed by atoms with Crippen LogP contribution in [0.5, 0.6) is 0 Å². The molecule has 0 unspecified atom stereocenters. The lowest BCUT2D eigenvalue weighted by atomic mass is 9.78. The van der Waals surface area contributed by atoms with Gasteiger partial charge in [-0.2, -0.15) is 5.26 Å². The average molecular weight is 418 g/mol. The monoisotopic (exact) mass is 417 g/mol. The highest BCUT2D eigenvalue weighted by Crippen LogP contribution is 2.34. The lowest BCUT2D eigenvalue weighted by Crippen LogP contribution is -2.15. The summed E-state index contributed by atoms with van der Waals surface area (Å²) < 4.78 is 29.3. The van der Waals surface area contributed by atoms with Crippen LogP contribution in [0.1, 0.15) is 63.0 Å². The zero-order chi connectivity index (χ0) is 21.8. The summed E-state index contributed by atoms with van der Waals surface area (Å²) in [5.74, 6) is 0.924. The van der Waals surface area contributed by atoms with E-state index in [0.29, 0.717) is 16.3 Å². The molecule has 0 spiro atoms. The van der Waals surface area contributed by atoms with Crippen LogP contribution in [0, 0.1) is 34.8 Å². The summed E-state index contributed by atoms with van der Waals surface area (Å²) in [4.78, 5) is 0. The molecule has 3 aromatic carbocycles. The molecule has 0 aromatic heterocycles. The standard InChI is InChI=1S/C28H29F2N/c1-2-3-19-4-6-20(7-5-19)8-9-21-10-14-25(27(29)16-21)22-13-15-26-23(17-22)11-12-24(18-31)28(26)30/h10-17,19-20H,2-9H2,1H3. The minimum Gasteiger partial charge on any atom is -0.206 e. The van der Waals surface area contributed by atoms with Gasteiger partial charge in [0.2, 0.25) is 0 Å². The Morgan fingerprint density at radius 1 is 0.903 bits per heavy atom. The van der Waals surface area contributed by atoms with Crippen LogP contribution in [0.4, 0.5) is 8.78 Å². The van der Waals surface area contributed by atoms with Gasteiger partial charge in [-0.15, -0.1) is 0 Å². The molecule has 1 fully saturated rings. The van der Waals surface area contributed by atoms with E-state index in [2.05, 4.69) is 6.92 Å². The van der Waals surface area contributed by atoms with Crippen molar-refractivity contribution in [3.63, 3.8) is 0 Å². The fourth-order valence-corrected chi connectivity index (χ4v) is 5.08. The molecule has 0 bridgehead atoms. The lowest BCUT2D eigenvalue weighted by molar-refractivity contribution is 0.252. The number of fused-ring (bicyclic) bond motifs is 1. The van der Waals surface area contributed by atoms with Crippen molar-refractivity contribution < 1.29 is 8.78 Å². The van der Waals surface area contributed by atoms with Crippen molar-refractivity contribution in [2.75, 3.05) is 0 Å². The van der Waals surface area contributed by atoms with Gasteiger partial charge >= 0.3 is 0 Å². The third-order valence-electron chi connectivity index (χ3n) is 6.92. The van der Waals surface area contributed by atoms with E-state index in [1.54, 1.807) is 30.3 Å². The highest BCUT2D eigenvalue weighted by atomic mass is 19.1. The predicted molar refractivity (Wildman–Crippen MR) is 123 cm³/mol. The van der Waals surface area contributed by atoms with Crippen molar-refractivity contribution in [3.8, 4) is 17.2 Å². The molecule has 1 saturated carbocycles. The molecular formula is C28H29F2N. The smallest absolute Gasteiger partial charge is 0.148 e. The lowest BCUT2D eigenvalue weighted by Gasteiger charge is -2.28. The minimum absolute atomic E-state index is 0.0228. The van der Waals surface area contributed by atoms with E-state index in [1.807, 2.05) is 18.2 Å². The summed E-state index contributed by atoms with van der Waals surface area (Å²) >= 11 is 0. The average Bonchev–Trinajstić information content (AvgIpc) is 2.79. The Morgan fingerprint density at radius 2 is 1.65 bits per heavy atom. The van der Waals surface area contributed by atoms with E-state index in [9.17, 15) is 8.78 Å². The number of benzene rings is 3. The molecule has 4 rings (SSSR count). The van der Waals surface area contributed by atoms with Gasteiger partial charge in [-0.1, -0.05) is 75.8 Å². The van der Waals surface area contributed by atoms with Gasteiger partial charge in [0.15, 0.2) is 0 Å². The van der Waals surface area contributed by atoms with E-state index >= 15 is 0 Å². The van der Waals surface area contributed by atoms with Crippen LogP contribution in [-0.2, 0) is 6.42 Å². The molecule has 3 aromatic rings. The zero-order valence-electron chi connectivity index (χ0n) is 18.1. The summed E-state index contributed by atoms with van der Waals surface area (Å²) in [5.41, 5.74) is 2.31. The zero-order valence-corrected chi connectivity index (χ0v) is 18.1. The van der Waals surface area contributed by atoms with Crippen LogP contribution in [0.3, 0.4) is 0 Å². The van der Waals surface area contributed by atoms with Crippen molar-refractivity contribution in [1.29, 1.82) is 5.26 Å². The molecule has 0 N–H and O–H groups in total. The fraction of sp³-hybridized carbons (Fsp3) is 0.393. The van der Waals surface area contributed by atoms with Gasteiger partial charge in [-0.3, -0.25) is 0 Å². The maximum absolute atomic E-state index is 14.9. The largest absolute Gasteiger partial charge is 0.206 e. The molecule has 0 saturated heterocycles. The predicted octanol–water partition coefficient (Wildman–Crippen LogP) is 8.20. The third-order valence-corrected chi connectivity index (χ3v) is 6.92. The summed E-state index contributed by atoms with van der Waals surface area (Å²) in [6.07, 6.45) is 10.0. The first-order valence-corrected chi connectivity index (χ1v) is 11.5. The summed E-state index contributed by atoms with van der Waals surface area (Å²) in [5, 5.41) is 10.0. The van der Waals surface area contributed by atoms with Crippen molar-refractivity contribution >= 4 is 10.8 Å². The SMILES string of the molecule is CCCC1CCC(CCc2ccc(-c3ccc4c(F)c(C#N)ccc4c3)c(F)c2)CC1. The molecule has 1 aliphatic rings. The molecule has 0 heterocycles. The molecule has 0 radical (unpaired) electrons. The second-order valence-electron chi connectivity index (χ2n) is 9.00. The first-order valence-electron chi connectivity index (χ1n) is 11.5. The Labute approximate surface area is 183 Å². The van der Waals surface area contributed by atoms with E-state index < -0.39 is 5.82 Å². The van der Waals surface area contributed by atoms with Crippen LogP contribution >= 0.6 is 0 Å². The van der Waals surface area contributed by atoms with Crippen LogP contribution < -0.4 is 0 Å². The van der Waals surface area contributed by atoms with Crippen molar-refractivity contribution in [3.05, 3.63) is 71.3 Å². The molecular weight excluding hydrogens is 388 g/mol. The number of nitrogens with zero attached hydrogens (tertiary/aromatic N) is 1. The number of aryl methyl sites for hydroxylation is 1. The van der Waals surface area contributed by atoms with E-state index in [1.165, 1.54) is 44.6 Å². The van der Waals surface area contributed by atoms with E-state index in [-0.39, 0.29) is 11.4 Å². The number of hydrogen-bond donors (Lipinski definition) is 0. The molecule has 1 aliphatic carbocycles. The summed E-state index contributed by atoms with van der Waals surface area (Å²) in [6, 6.07) is 15.7. The van der Waals surface area contributed by atoms with Gasteiger partial charge in [0.1, 0.15) is 17.7 Å². The van der Waals surface area contributed by atoms with Gasteiger partial charge in [0.05, 0.1) is 5.56 Å². The third kappa shape index (κ3) is 4.79. The molecule has 0 aliphatic heterocycles. The molecule has 3 heteroatoms. The summed E-state index contributed by atoms with van der Waals surface area (Å²) in [7, 11) is 0. The highest BCUT2D eigenvalue weighted by Gasteiger charge is 2.20. The van der Waals surface area contributed by atoms with Crippen molar-refractivity contribution in [2.24, 2.45) is 11.8 Å². The first kappa shape index (κ1) is 21.5. The molecule has 31 heavy (non-hydrogen) atoms. The van der Waals surface area contributed by atoms with Gasteiger partial charge in [0.25, 0.3) is 0 Å². The van der Waals surface area contributed by atoms with E-state index in [4.69, 9.17) is 5.26 Å². The van der Waals surface area contributed by atoms with Gasteiger partial charge in [-0.25, -0.2) is 8.78 Å². The Balaban J connectivity index is 1.45. The summed E-state index contributed by atoms with van der Waals surface area (Å²) in [6.45, 7) is 2.27. The minimum atomic E-state index is -0.522.